The van der Waals surface area contributed by atoms with Crippen LogP contribution >= 0.6 is 0 Å². The largest absolute Gasteiger partial charge is 0.409 e. The molecule has 6 heteroatoms. The highest BCUT2D eigenvalue weighted by molar-refractivity contribution is 5.96. The van der Waals surface area contributed by atoms with Crippen molar-refractivity contribution < 1.29 is 5.21 Å². The molecule has 0 aliphatic carbocycles. The Bertz CT molecular complexity index is 548. The molecule has 112 valence electrons. The van der Waals surface area contributed by atoms with Gasteiger partial charge in [0.05, 0.1) is 6.33 Å². The summed E-state index contributed by atoms with van der Waals surface area (Å²) in [6, 6.07) is 7.66. The number of rotatable bonds is 8. The fourth-order valence-corrected chi connectivity index (χ4v) is 2.05. The zero-order chi connectivity index (χ0) is 14.9. The maximum atomic E-state index is 8.59. The molecule has 0 spiro atoms. The van der Waals surface area contributed by atoms with Crippen LogP contribution < -0.4 is 11.1 Å². The SMILES string of the molecule is NC(=NO)c1ccc(CNCCCCn2ccnc2)cc1. The molecule has 2 aromatic rings. The molecule has 1 heterocycles. The Morgan fingerprint density at radius 1 is 1.29 bits per heavy atom. The van der Waals surface area contributed by atoms with Gasteiger partial charge in [-0.2, -0.15) is 0 Å². The molecule has 4 N–H and O–H groups in total. The number of benzene rings is 1. The van der Waals surface area contributed by atoms with E-state index in [1.807, 2.05) is 36.8 Å². The molecule has 0 bridgehead atoms. The van der Waals surface area contributed by atoms with Gasteiger partial charge in [0, 0.05) is 31.0 Å². The summed E-state index contributed by atoms with van der Waals surface area (Å²) in [6.45, 7) is 2.81. The molecule has 0 atom stereocenters. The van der Waals surface area contributed by atoms with Crippen LogP contribution in [0.3, 0.4) is 0 Å². The smallest absolute Gasteiger partial charge is 0.170 e. The fourth-order valence-electron chi connectivity index (χ4n) is 2.05. The van der Waals surface area contributed by atoms with E-state index in [1.165, 1.54) is 5.56 Å². The lowest BCUT2D eigenvalue weighted by Gasteiger charge is -2.06. The molecule has 0 radical (unpaired) electrons. The predicted octanol–water partition coefficient (Wildman–Crippen LogP) is 1.55. The number of amidine groups is 1. The molecule has 0 aliphatic rings. The number of imidazole rings is 1. The van der Waals surface area contributed by atoms with Gasteiger partial charge in [0.2, 0.25) is 0 Å². The van der Waals surface area contributed by atoms with Crippen LogP contribution in [0.5, 0.6) is 0 Å². The zero-order valence-electron chi connectivity index (χ0n) is 11.9. The Labute approximate surface area is 124 Å². The van der Waals surface area contributed by atoms with E-state index in [-0.39, 0.29) is 5.84 Å². The highest BCUT2D eigenvalue weighted by Gasteiger charge is 1.99. The Morgan fingerprint density at radius 3 is 2.76 bits per heavy atom. The van der Waals surface area contributed by atoms with Crippen molar-refractivity contribution in [2.75, 3.05) is 6.54 Å². The van der Waals surface area contributed by atoms with Crippen LogP contribution in [-0.2, 0) is 13.1 Å². The number of nitrogens with zero attached hydrogens (tertiary/aromatic N) is 3. The molecular weight excluding hydrogens is 266 g/mol. The van der Waals surface area contributed by atoms with E-state index in [1.54, 1.807) is 6.20 Å². The lowest BCUT2D eigenvalue weighted by atomic mass is 10.1. The first-order valence-corrected chi connectivity index (χ1v) is 7.03. The first-order chi connectivity index (χ1) is 10.3. The van der Waals surface area contributed by atoms with Crippen LogP contribution in [0, 0.1) is 0 Å². The van der Waals surface area contributed by atoms with Crippen LogP contribution in [0.1, 0.15) is 24.0 Å². The number of hydrogen-bond donors (Lipinski definition) is 3. The molecule has 0 saturated carbocycles. The minimum atomic E-state index is 0.133. The summed E-state index contributed by atoms with van der Waals surface area (Å²) in [7, 11) is 0. The summed E-state index contributed by atoms with van der Waals surface area (Å²) in [5.41, 5.74) is 7.42. The van der Waals surface area contributed by atoms with Gasteiger partial charge in [-0.1, -0.05) is 29.4 Å². The van der Waals surface area contributed by atoms with Crippen LogP contribution in [0.25, 0.3) is 0 Å². The summed E-state index contributed by atoms with van der Waals surface area (Å²) in [4.78, 5) is 4.02. The number of oxime groups is 1. The van der Waals surface area contributed by atoms with Gasteiger partial charge in [-0.15, -0.1) is 0 Å². The van der Waals surface area contributed by atoms with Crippen molar-refractivity contribution >= 4 is 5.84 Å². The van der Waals surface area contributed by atoms with Gasteiger partial charge in [0.1, 0.15) is 0 Å². The average molecular weight is 287 g/mol. The fraction of sp³-hybridized carbons (Fsp3) is 0.333. The quantitative estimate of drug-likeness (QED) is 0.226. The first kappa shape index (κ1) is 15.1. The van der Waals surface area contributed by atoms with Gasteiger partial charge >= 0.3 is 0 Å². The third-order valence-corrected chi connectivity index (χ3v) is 3.27. The highest BCUT2D eigenvalue weighted by atomic mass is 16.4. The number of hydrogen-bond acceptors (Lipinski definition) is 4. The van der Waals surface area contributed by atoms with Crippen LogP contribution in [0.4, 0.5) is 0 Å². The highest BCUT2D eigenvalue weighted by Crippen LogP contribution is 2.04. The van der Waals surface area contributed by atoms with Gasteiger partial charge < -0.3 is 20.8 Å². The Kier molecular flexibility index (Phi) is 5.78. The standard InChI is InChI=1S/C15H21N5O/c16-15(19-21)14-5-3-13(4-6-14)11-17-7-1-2-9-20-10-8-18-12-20/h3-6,8,10,12,17,21H,1-2,7,9,11H2,(H2,16,19). The maximum Gasteiger partial charge on any atom is 0.170 e. The summed E-state index contributed by atoms with van der Waals surface area (Å²) in [6.07, 6.45) is 7.88. The third kappa shape index (κ3) is 4.92. The van der Waals surface area contributed by atoms with Crippen molar-refractivity contribution in [3.05, 3.63) is 54.1 Å². The molecule has 1 aromatic heterocycles. The second kappa shape index (κ2) is 8.06. The van der Waals surface area contributed by atoms with Gasteiger partial charge in [-0.25, -0.2) is 4.98 Å². The second-order valence-electron chi connectivity index (χ2n) is 4.87. The van der Waals surface area contributed by atoms with Crippen molar-refractivity contribution in [2.45, 2.75) is 25.9 Å². The predicted molar refractivity (Wildman–Crippen MR) is 82.1 cm³/mol. The monoisotopic (exact) mass is 287 g/mol. The van der Waals surface area contributed by atoms with E-state index < -0.39 is 0 Å². The number of aryl methyl sites for hydroxylation is 1. The Balaban J connectivity index is 1.62. The minimum Gasteiger partial charge on any atom is -0.409 e. The third-order valence-electron chi connectivity index (χ3n) is 3.27. The van der Waals surface area contributed by atoms with E-state index in [9.17, 15) is 0 Å². The Hall–Kier alpha value is -2.34. The van der Waals surface area contributed by atoms with Gasteiger partial charge in [-0.05, 0) is 24.9 Å². The van der Waals surface area contributed by atoms with Crippen molar-refractivity contribution in [3.63, 3.8) is 0 Å². The zero-order valence-corrected chi connectivity index (χ0v) is 11.9. The van der Waals surface area contributed by atoms with Crippen molar-refractivity contribution in [2.24, 2.45) is 10.9 Å². The molecule has 0 aliphatic heterocycles. The van der Waals surface area contributed by atoms with E-state index in [4.69, 9.17) is 10.9 Å². The minimum absolute atomic E-state index is 0.133. The molecule has 0 fully saturated rings. The van der Waals surface area contributed by atoms with Crippen LogP contribution in [0.15, 0.2) is 48.1 Å². The molecule has 0 saturated heterocycles. The van der Waals surface area contributed by atoms with E-state index in [0.717, 1.165) is 38.0 Å². The molecule has 21 heavy (non-hydrogen) atoms. The van der Waals surface area contributed by atoms with Gasteiger partial charge in [0.15, 0.2) is 5.84 Å². The number of nitrogens with two attached hydrogens (primary N) is 1. The van der Waals surface area contributed by atoms with E-state index in [0.29, 0.717) is 0 Å². The molecule has 2 rings (SSSR count). The van der Waals surface area contributed by atoms with Crippen LogP contribution in [-0.4, -0.2) is 27.1 Å². The van der Waals surface area contributed by atoms with Crippen molar-refractivity contribution in [1.82, 2.24) is 14.9 Å². The van der Waals surface area contributed by atoms with E-state index in [2.05, 4.69) is 20.0 Å². The normalized spacial score (nSPS) is 11.7. The number of unbranched alkanes of at least 4 members (excludes halogenated alkanes) is 1. The molecule has 0 amide bonds. The van der Waals surface area contributed by atoms with Gasteiger partial charge in [-0.3, -0.25) is 0 Å². The number of aromatic nitrogens is 2. The summed E-state index contributed by atoms with van der Waals surface area (Å²) >= 11 is 0. The van der Waals surface area contributed by atoms with Crippen molar-refractivity contribution in [3.8, 4) is 0 Å². The number of nitrogens with one attached hydrogen (secondary N) is 1. The van der Waals surface area contributed by atoms with Crippen molar-refractivity contribution in [1.29, 1.82) is 0 Å². The summed E-state index contributed by atoms with van der Waals surface area (Å²) in [5, 5.41) is 15.0. The lowest BCUT2D eigenvalue weighted by molar-refractivity contribution is 0.318. The molecule has 1 aromatic carbocycles. The summed E-state index contributed by atoms with van der Waals surface area (Å²) < 4.78 is 2.09. The van der Waals surface area contributed by atoms with E-state index >= 15 is 0 Å². The second-order valence-corrected chi connectivity index (χ2v) is 4.87. The topological polar surface area (TPSA) is 88.5 Å². The molecular formula is C15H21N5O. The molecule has 6 nitrogen and oxygen atoms in total. The molecule has 0 unspecified atom stereocenters. The average Bonchev–Trinajstić information content (AvgIpc) is 3.04. The Morgan fingerprint density at radius 2 is 2.10 bits per heavy atom. The maximum absolute atomic E-state index is 8.59. The van der Waals surface area contributed by atoms with Crippen LogP contribution in [0.2, 0.25) is 0 Å². The summed E-state index contributed by atoms with van der Waals surface area (Å²) in [5.74, 6) is 0.133. The van der Waals surface area contributed by atoms with Gasteiger partial charge in [0.25, 0.3) is 0 Å². The lowest BCUT2D eigenvalue weighted by Crippen LogP contribution is -2.16. The first-order valence-electron chi connectivity index (χ1n) is 7.03.